The number of unbranched alkanes of at least 4 members (excludes halogenated alkanes) is 18. The van der Waals surface area contributed by atoms with Gasteiger partial charge in [0.2, 0.25) is 0 Å². The van der Waals surface area contributed by atoms with Crippen LogP contribution >= 0.6 is 7.82 Å². The van der Waals surface area contributed by atoms with E-state index in [0.29, 0.717) is 12.8 Å². The molecule has 11 nitrogen and oxygen atoms in total. The molecule has 324 valence electrons. The SMILES string of the molecule is CC/C=C\C/C=C\C/C=C\CCCCCCCC(=O)OC(COC(=O)CCCCCCCCC/C=C\CCCCCCCC)COP(=O)(O)OCC(N)C(=O)O. The third-order valence-electron chi connectivity index (χ3n) is 9.06. The molecule has 0 aliphatic heterocycles. The number of carboxylic acids is 1. The molecule has 56 heavy (non-hydrogen) atoms. The maximum Gasteiger partial charge on any atom is 0.472 e. The minimum Gasteiger partial charge on any atom is -0.480 e. The number of carboxylic acid groups (broad SMARTS) is 1. The molecule has 3 unspecified atom stereocenters. The van der Waals surface area contributed by atoms with Crippen molar-refractivity contribution in [2.75, 3.05) is 19.8 Å². The van der Waals surface area contributed by atoms with Gasteiger partial charge >= 0.3 is 25.7 Å². The van der Waals surface area contributed by atoms with Gasteiger partial charge in [0.1, 0.15) is 12.6 Å². The second-order valence-electron chi connectivity index (χ2n) is 14.4. The minimum atomic E-state index is -4.72. The molecule has 0 radical (unpaired) electrons. The molecule has 0 fully saturated rings. The lowest BCUT2D eigenvalue weighted by atomic mass is 10.1. The molecule has 0 heterocycles. The second kappa shape index (κ2) is 39.3. The zero-order valence-electron chi connectivity index (χ0n) is 35.0. The number of phosphoric ester groups is 1. The van der Waals surface area contributed by atoms with Gasteiger partial charge in [0, 0.05) is 12.8 Å². The summed E-state index contributed by atoms with van der Waals surface area (Å²) >= 11 is 0. The fourth-order valence-corrected chi connectivity index (χ4v) is 6.44. The molecule has 4 N–H and O–H groups in total. The highest BCUT2D eigenvalue weighted by Gasteiger charge is 2.28. The maximum absolute atomic E-state index is 12.6. The number of ether oxygens (including phenoxy) is 2. The van der Waals surface area contributed by atoms with Crippen molar-refractivity contribution >= 4 is 25.7 Å². The van der Waals surface area contributed by atoms with Crippen molar-refractivity contribution in [1.29, 1.82) is 0 Å². The molecule has 0 aromatic heterocycles. The van der Waals surface area contributed by atoms with Gasteiger partial charge in [-0.2, -0.15) is 0 Å². The fourth-order valence-electron chi connectivity index (χ4n) is 5.66. The Balaban J connectivity index is 4.39. The zero-order valence-corrected chi connectivity index (χ0v) is 35.9. The Kier molecular flexibility index (Phi) is 37.5. The van der Waals surface area contributed by atoms with Gasteiger partial charge < -0.3 is 25.2 Å². The van der Waals surface area contributed by atoms with Gasteiger partial charge in [0.15, 0.2) is 6.10 Å². The largest absolute Gasteiger partial charge is 0.480 e. The number of hydrogen-bond acceptors (Lipinski definition) is 9. The second-order valence-corrected chi connectivity index (χ2v) is 15.9. The van der Waals surface area contributed by atoms with Crippen molar-refractivity contribution in [3.8, 4) is 0 Å². The van der Waals surface area contributed by atoms with Crippen molar-refractivity contribution in [2.45, 2.75) is 193 Å². The maximum atomic E-state index is 12.6. The monoisotopic (exact) mass is 812 g/mol. The van der Waals surface area contributed by atoms with Crippen LogP contribution in [0.1, 0.15) is 181 Å². The summed E-state index contributed by atoms with van der Waals surface area (Å²) in [4.78, 5) is 45.9. The summed E-state index contributed by atoms with van der Waals surface area (Å²) in [5, 5.41) is 8.88. The Morgan fingerprint density at radius 1 is 0.571 bits per heavy atom. The molecule has 0 saturated heterocycles. The molecule has 3 atom stereocenters. The van der Waals surface area contributed by atoms with Crippen LogP contribution in [-0.2, 0) is 37.5 Å². The molecule has 0 aliphatic carbocycles. The lowest BCUT2D eigenvalue weighted by molar-refractivity contribution is -0.161. The fraction of sp³-hybridized carbons (Fsp3) is 0.750. The van der Waals surface area contributed by atoms with Gasteiger partial charge in [-0.3, -0.25) is 23.4 Å². The summed E-state index contributed by atoms with van der Waals surface area (Å²) in [7, 11) is -4.72. The topological polar surface area (TPSA) is 172 Å². The quantitative estimate of drug-likeness (QED) is 0.0233. The molecule has 12 heteroatoms. The predicted octanol–water partition coefficient (Wildman–Crippen LogP) is 11.4. The molecule has 0 aromatic carbocycles. The van der Waals surface area contributed by atoms with Crippen LogP contribution in [0, 0.1) is 0 Å². The Morgan fingerprint density at radius 3 is 1.52 bits per heavy atom. The molecule has 0 amide bonds. The smallest absolute Gasteiger partial charge is 0.472 e. The first-order chi connectivity index (χ1) is 27.1. The van der Waals surface area contributed by atoms with Crippen LogP contribution in [0.25, 0.3) is 0 Å². The molecular formula is C44H78NO10P. The number of allylic oxidation sites excluding steroid dienone is 8. The van der Waals surface area contributed by atoms with E-state index in [2.05, 4.69) is 67.0 Å². The van der Waals surface area contributed by atoms with Gasteiger partial charge in [-0.1, -0.05) is 146 Å². The summed E-state index contributed by atoms with van der Waals surface area (Å²) in [6.45, 7) is 2.66. The molecule has 0 aliphatic rings. The first-order valence-corrected chi connectivity index (χ1v) is 23.2. The number of esters is 2. The van der Waals surface area contributed by atoms with E-state index < -0.39 is 51.1 Å². The number of phosphoric acid groups is 1. The number of nitrogens with two attached hydrogens (primary N) is 1. The number of carbonyl (C=O) groups is 3. The van der Waals surface area contributed by atoms with Gasteiger partial charge in [-0.25, -0.2) is 4.57 Å². The molecule has 0 aromatic rings. The highest BCUT2D eigenvalue weighted by molar-refractivity contribution is 7.47. The molecule has 0 saturated carbocycles. The van der Waals surface area contributed by atoms with Crippen LogP contribution in [0.15, 0.2) is 48.6 Å². The van der Waals surface area contributed by atoms with Crippen LogP contribution in [0.5, 0.6) is 0 Å². The van der Waals surface area contributed by atoms with Crippen LogP contribution in [-0.4, -0.2) is 59.9 Å². The van der Waals surface area contributed by atoms with Gasteiger partial charge in [-0.05, 0) is 70.6 Å². The Hall–Kier alpha value is -2.56. The zero-order chi connectivity index (χ0) is 41.4. The van der Waals surface area contributed by atoms with E-state index in [9.17, 15) is 23.8 Å². The highest BCUT2D eigenvalue weighted by Crippen LogP contribution is 2.43. The first kappa shape index (κ1) is 53.4. The molecular weight excluding hydrogens is 733 g/mol. The van der Waals surface area contributed by atoms with Crippen molar-refractivity contribution in [3.05, 3.63) is 48.6 Å². The predicted molar refractivity (Wildman–Crippen MR) is 226 cm³/mol. The van der Waals surface area contributed by atoms with E-state index in [0.717, 1.165) is 77.0 Å². The average molecular weight is 812 g/mol. The van der Waals surface area contributed by atoms with Crippen molar-refractivity contribution in [3.63, 3.8) is 0 Å². The third-order valence-corrected chi connectivity index (χ3v) is 10.0. The van der Waals surface area contributed by atoms with Gasteiger partial charge in [-0.15, -0.1) is 0 Å². The van der Waals surface area contributed by atoms with Gasteiger partial charge in [0.25, 0.3) is 0 Å². The summed E-state index contributed by atoms with van der Waals surface area (Å²) in [6.07, 6.45) is 43.1. The van der Waals surface area contributed by atoms with E-state index in [1.807, 2.05) is 0 Å². The van der Waals surface area contributed by atoms with Crippen LogP contribution in [0.4, 0.5) is 0 Å². The van der Waals surface area contributed by atoms with Gasteiger partial charge in [0.05, 0.1) is 13.2 Å². The Bertz CT molecular complexity index is 1140. The standard InChI is InChI=1S/C44H78NO10P/c1-3-5-7-9-11-13-15-17-19-20-22-23-25-27-29-31-33-35-42(46)52-37-40(38-53-56(50,51)54-39-41(45)44(48)49)55-43(47)36-34-32-30-28-26-24-21-18-16-14-12-10-8-6-4-2/h6,8,12,14,17-19,21,40-41H,3-5,7,9-11,13,15-16,20,22-39,45H2,1-2H3,(H,48,49)(H,50,51)/b8-6-,14-12-,19-17-,21-18-. The number of carbonyl (C=O) groups excluding carboxylic acids is 2. The average Bonchev–Trinajstić information content (AvgIpc) is 3.17. The van der Waals surface area contributed by atoms with Crippen molar-refractivity contribution in [1.82, 2.24) is 0 Å². The summed E-state index contributed by atoms with van der Waals surface area (Å²) in [5.74, 6) is -2.41. The normalized spacial score (nSPS) is 14.2. The summed E-state index contributed by atoms with van der Waals surface area (Å²) in [5.41, 5.74) is 5.33. The van der Waals surface area contributed by atoms with E-state index in [1.54, 1.807) is 0 Å². The van der Waals surface area contributed by atoms with E-state index in [-0.39, 0.29) is 19.4 Å². The number of rotatable bonds is 40. The molecule has 0 rings (SSSR count). The van der Waals surface area contributed by atoms with Crippen molar-refractivity contribution in [2.24, 2.45) is 5.73 Å². The molecule has 0 spiro atoms. The van der Waals surface area contributed by atoms with Crippen molar-refractivity contribution < 1.29 is 47.5 Å². The third kappa shape index (κ3) is 38.3. The van der Waals surface area contributed by atoms with Crippen LogP contribution < -0.4 is 5.73 Å². The van der Waals surface area contributed by atoms with E-state index >= 15 is 0 Å². The minimum absolute atomic E-state index is 0.140. The van der Waals surface area contributed by atoms with Crippen LogP contribution in [0.2, 0.25) is 0 Å². The summed E-state index contributed by atoms with van der Waals surface area (Å²) in [6, 6.07) is -1.53. The highest BCUT2D eigenvalue weighted by atomic mass is 31.2. The van der Waals surface area contributed by atoms with Crippen LogP contribution in [0.3, 0.4) is 0 Å². The Morgan fingerprint density at radius 2 is 1.00 bits per heavy atom. The lowest BCUT2D eigenvalue weighted by Gasteiger charge is -2.20. The first-order valence-electron chi connectivity index (χ1n) is 21.7. The lowest BCUT2D eigenvalue weighted by Crippen LogP contribution is -2.34. The summed E-state index contributed by atoms with van der Waals surface area (Å²) < 4.78 is 32.7. The molecule has 0 bridgehead atoms. The van der Waals surface area contributed by atoms with E-state index in [1.165, 1.54) is 64.2 Å². The number of hydrogen-bond donors (Lipinski definition) is 3. The number of aliphatic carboxylic acids is 1. The Labute approximate surface area is 339 Å². The van der Waals surface area contributed by atoms with E-state index in [4.69, 9.17) is 24.8 Å².